The second kappa shape index (κ2) is 4.85. The van der Waals surface area contributed by atoms with Crippen LogP contribution in [0.15, 0.2) is 24.3 Å². The fourth-order valence-corrected chi connectivity index (χ4v) is 2.52. The molecule has 1 fully saturated rings. The zero-order valence-electron chi connectivity index (χ0n) is 9.34. The van der Waals surface area contributed by atoms with E-state index in [0.717, 1.165) is 18.4 Å². The third-order valence-electron chi connectivity index (χ3n) is 3.51. The molecule has 0 amide bonds. The number of aromatic hydroxyl groups is 1. The SMILES string of the molecule is N[C@H](c1cccc(O)c1)[C@@H](O)C1CCCC1. The highest BCUT2D eigenvalue weighted by Gasteiger charge is 2.28. The highest BCUT2D eigenvalue weighted by atomic mass is 16.3. The van der Waals surface area contributed by atoms with E-state index in [1.54, 1.807) is 18.2 Å². The molecular weight excluding hydrogens is 202 g/mol. The number of phenolic OH excluding ortho intramolecular Hbond substituents is 1. The lowest BCUT2D eigenvalue weighted by Gasteiger charge is -2.24. The first-order chi connectivity index (χ1) is 7.68. The summed E-state index contributed by atoms with van der Waals surface area (Å²) in [7, 11) is 0. The Bertz CT molecular complexity index is 348. The highest BCUT2D eigenvalue weighted by molar-refractivity contribution is 5.29. The molecule has 0 heterocycles. The molecule has 1 saturated carbocycles. The van der Waals surface area contributed by atoms with E-state index in [0.29, 0.717) is 5.92 Å². The van der Waals surface area contributed by atoms with Gasteiger partial charge in [-0.2, -0.15) is 0 Å². The Morgan fingerprint density at radius 2 is 1.94 bits per heavy atom. The molecule has 0 aromatic heterocycles. The van der Waals surface area contributed by atoms with Crippen molar-refractivity contribution in [1.29, 1.82) is 0 Å². The van der Waals surface area contributed by atoms with Gasteiger partial charge in [0, 0.05) is 0 Å². The summed E-state index contributed by atoms with van der Waals surface area (Å²) in [4.78, 5) is 0. The summed E-state index contributed by atoms with van der Waals surface area (Å²) in [6.45, 7) is 0. The number of hydrogen-bond acceptors (Lipinski definition) is 3. The number of benzene rings is 1. The van der Waals surface area contributed by atoms with Gasteiger partial charge in [-0.1, -0.05) is 25.0 Å². The Morgan fingerprint density at radius 1 is 1.25 bits per heavy atom. The minimum absolute atomic E-state index is 0.201. The van der Waals surface area contributed by atoms with E-state index in [4.69, 9.17) is 5.73 Å². The Hall–Kier alpha value is -1.06. The van der Waals surface area contributed by atoms with Gasteiger partial charge in [0.2, 0.25) is 0 Å². The second-order valence-corrected chi connectivity index (χ2v) is 4.66. The van der Waals surface area contributed by atoms with Gasteiger partial charge in [0.25, 0.3) is 0 Å². The van der Waals surface area contributed by atoms with Crippen LogP contribution >= 0.6 is 0 Å². The number of rotatable bonds is 3. The Morgan fingerprint density at radius 3 is 2.56 bits per heavy atom. The number of hydrogen-bond donors (Lipinski definition) is 3. The molecule has 1 aromatic rings. The summed E-state index contributed by atoms with van der Waals surface area (Å²) >= 11 is 0. The third-order valence-corrected chi connectivity index (χ3v) is 3.51. The van der Waals surface area contributed by atoms with Crippen molar-refractivity contribution in [1.82, 2.24) is 0 Å². The van der Waals surface area contributed by atoms with E-state index in [-0.39, 0.29) is 5.75 Å². The molecule has 3 heteroatoms. The summed E-state index contributed by atoms with van der Waals surface area (Å²) in [5.74, 6) is 0.518. The lowest BCUT2D eigenvalue weighted by molar-refractivity contribution is 0.0844. The molecule has 1 aromatic carbocycles. The first kappa shape index (κ1) is 11.4. The molecule has 3 nitrogen and oxygen atoms in total. The molecule has 4 N–H and O–H groups in total. The van der Waals surface area contributed by atoms with Gasteiger partial charge in [-0.05, 0) is 36.5 Å². The van der Waals surface area contributed by atoms with Gasteiger partial charge in [0.05, 0.1) is 12.1 Å². The predicted octanol–water partition coefficient (Wildman–Crippen LogP) is 1.94. The van der Waals surface area contributed by atoms with E-state index < -0.39 is 12.1 Å². The van der Waals surface area contributed by atoms with Crippen molar-refractivity contribution < 1.29 is 10.2 Å². The van der Waals surface area contributed by atoms with Gasteiger partial charge >= 0.3 is 0 Å². The first-order valence-electron chi connectivity index (χ1n) is 5.91. The number of aliphatic hydroxyl groups excluding tert-OH is 1. The smallest absolute Gasteiger partial charge is 0.115 e. The molecule has 0 unspecified atom stereocenters. The van der Waals surface area contributed by atoms with Crippen molar-refractivity contribution in [3.63, 3.8) is 0 Å². The normalized spacial score (nSPS) is 20.9. The van der Waals surface area contributed by atoms with E-state index in [1.165, 1.54) is 12.8 Å². The molecule has 0 bridgehead atoms. The lowest BCUT2D eigenvalue weighted by atomic mass is 9.91. The molecule has 0 spiro atoms. The van der Waals surface area contributed by atoms with Crippen LogP contribution in [0.2, 0.25) is 0 Å². The van der Waals surface area contributed by atoms with Crippen LogP contribution in [0.4, 0.5) is 0 Å². The van der Waals surface area contributed by atoms with Gasteiger partial charge in [-0.25, -0.2) is 0 Å². The maximum atomic E-state index is 10.2. The van der Waals surface area contributed by atoms with Crippen LogP contribution in [-0.4, -0.2) is 16.3 Å². The molecule has 0 saturated heterocycles. The highest BCUT2D eigenvalue weighted by Crippen LogP contribution is 2.32. The molecular formula is C13H19NO2. The fraction of sp³-hybridized carbons (Fsp3) is 0.538. The van der Waals surface area contributed by atoms with E-state index in [1.807, 2.05) is 6.07 Å². The average Bonchev–Trinajstić information content (AvgIpc) is 2.80. The Balaban J connectivity index is 2.08. The maximum absolute atomic E-state index is 10.2. The maximum Gasteiger partial charge on any atom is 0.115 e. The first-order valence-corrected chi connectivity index (χ1v) is 5.91. The van der Waals surface area contributed by atoms with E-state index >= 15 is 0 Å². The van der Waals surface area contributed by atoms with Crippen LogP contribution in [0.3, 0.4) is 0 Å². The summed E-state index contributed by atoms with van der Waals surface area (Å²) in [5, 5.41) is 19.5. The lowest BCUT2D eigenvalue weighted by Crippen LogP contribution is -2.31. The van der Waals surface area contributed by atoms with Crippen molar-refractivity contribution in [3.8, 4) is 5.75 Å². The second-order valence-electron chi connectivity index (χ2n) is 4.66. The minimum Gasteiger partial charge on any atom is -0.508 e. The monoisotopic (exact) mass is 221 g/mol. The van der Waals surface area contributed by atoms with Crippen molar-refractivity contribution in [3.05, 3.63) is 29.8 Å². The topological polar surface area (TPSA) is 66.5 Å². The van der Waals surface area contributed by atoms with Crippen LogP contribution in [-0.2, 0) is 0 Å². The fourth-order valence-electron chi connectivity index (χ4n) is 2.52. The minimum atomic E-state index is -0.496. The Kier molecular flexibility index (Phi) is 3.46. The quantitative estimate of drug-likeness (QED) is 0.730. The van der Waals surface area contributed by atoms with Crippen LogP contribution in [0, 0.1) is 5.92 Å². The third kappa shape index (κ3) is 2.36. The summed E-state index contributed by atoms with van der Waals surface area (Å²) in [6, 6.07) is 6.45. The molecule has 0 aliphatic heterocycles. The van der Waals surface area contributed by atoms with Crippen molar-refractivity contribution in [2.75, 3.05) is 0 Å². The van der Waals surface area contributed by atoms with E-state index in [9.17, 15) is 10.2 Å². The molecule has 88 valence electrons. The van der Waals surface area contributed by atoms with Gasteiger partial charge in [0.15, 0.2) is 0 Å². The largest absolute Gasteiger partial charge is 0.508 e. The number of nitrogens with two attached hydrogens (primary N) is 1. The Labute approximate surface area is 95.9 Å². The van der Waals surface area contributed by atoms with Crippen LogP contribution in [0.5, 0.6) is 5.75 Å². The van der Waals surface area contributed by atoms with Crippen LogP contribution in [0.1, 0.15) is 37.3 Å². The van der Waals surface area contributed by atoms with Crippen molar-refractivity contribution >= 4 is 0 Å². The van der Waals surface area contributed by atoms with E-state index in [2.05, 4.69) is 0 Å². The summed E-state index contributed by atoms with van der Waals surface area (Å²) < 4.78 is 0. The summed E-state index contributed by atoms with van der Waals surface area (Å²) in [5.41, 5.74) is 6.83. The standard InChI is InChI=1S/C13H19NO2/c14-12(10-6-3-7-11(15)8-10)13(16)9-4-1-2-5-9/h3,6-9,12-13,15-16H,1-2,4-5,14H2/t12-,13+/m1/s1. The molecule has 0 radical (unpaired) electrons. The predicted molar refractivity (Wildman–Crippen MR) is 63.0 cm³/mol. The molecule has 2 atom stereocenters. The van der Waals surface area contributed by atoms with Crippen LogP contribution < -0.4 is 5.73 Å². The van der Waals surface area contributed by atoms with Gasteiger partial charge < -0.3 is 15.9 Å². The zero-order valence-corrected chi connectivity index (χ0v) is 9.34. The van der Waals surface area contributed by atoms with Crippen molar-refractivity contribution in [2.45, 2.75) is 37.8 Å². The number of aliphatic hydroxyl groups is 1. The van der Waals surface area contributed by atoms with Gasteiger partial charge in [0.1, 0.15) is 5.75 Å². The van der Waals surface area contributed by atoms with Crippen molar-refractivity contribution in [2.24, 2.45) is 11.7 Å². The number of phenols is 1. The molecule has 1 aliphatic carbocycles. The van der Waals surface area contributed by atoms with Gasteiger partial charge in [-0.3, -0.25) is 0 Å². The zero-order chi connectivity index (χ0) is 11.5. The van der Waals surface area contributed by atoms with Crippen LogP contribution in [0.25, 0.3) is 0 Å². The summed E-state index contributed by atoms with van der Waals surface area (Å²) in [6.07, 6.45) is 4.01. The molecule has 2 rings (SSSR count). The average molecular weight is 221 g/mol. The molecule has 1 aliphatic rings. The van der Waals surface area contributed by atoms with Gasteiger partial charge in [-0.15, -0.1) is 0 Å². The molecule has 16 heavy (non-hydrogen) atoms.